The Bertz CT molecular complexity index is 1110. The van der Waals surface area contributed by atoms with Crippen molar-refractivity contribution in [3.05, 3.63) is 89.5 Å². The molecule has 0 saturated carbocycles. The zero-order chi connectivity index (χ0) is 27.6. The minimum Gasteiger partial charge on any atom is -0.404 e. The average molecular weight is 632 g/mol. The highest BCUT2D eigenvalue weighted by Gasteiger charge is 2.18. The van der Waals surface area contributed by atoms with Gasteiger partial charge in [-0.3, -0.25) is 29.4 Å². The van der Waals surface area contributed by atoms with Crippen molar-refractivity contribution in [3.63, 3.8) is 0 Å². The molecule has 214 valence electrons. The van der Waals surface area contributed by atoms with Crippen LogP contribution in [0.15, 0.2) is 72.8 Å². The highest BCUT2D eigenvalue weighted by Crippen LogP contribution is 2.40. The van der Waals surface area contributed by atoms with Gasteiger partial charge < -0.3 is 13.6 Å². The van der Waals surface area contributed by atoms with Gasteiger partial charge in [-0.05, 0) is 55.7 Å². The lowest BCUT2D eigenvalue weighted by Crippen LogP contribution is -1.91. The van der Waals surface area contributed by atoms with E-state index in [0.717, 1.165) is 0 Å². The molecule has 6 N–H and O–H groups in total. The van der Waals surface area contributed by atoms with Crippen LogP contribution in [-0.4, -0.2) is 29.4 Å². The van der Waals surface area contributed by atoms with Crippen LogP contribution >= 0.6 is 43.3 Å². The molecular formula is C21H33O12P5. The van der Waals surface area contributed by atoms with E-state index >= 15 is 0 Å². The van der Waals surface area contributed by atoms with Gasteiger partial charge >= 0.3 is 23.5 Å². The molecule has 12 nitrogen and oxygen atoms in total. The van der Waals surface area contributed by atoms with Crippen LogP contribution in [0, 0.1) is 20.8 Å². The minimum absolute atomic E-state index is 0. The first-order valence-electron chi connectivity index (χ1n) is 9.89. The predicted octanol–water partition coefficient (Wildman–Crippen LogP) is 4.52. The van der Waals surface area contributed by atoms with Crippen molar-refractivity contribution in [1.29, 1.82) is 0 Å². The Kier molecular flexibility index (Phi) is 17.4. The van der Waals surface area contributed by atoms with Gasteiger partial charge in [-0.15, -0.1) is 0 Å². The minimum atomic E-state index is -4.41. The smallest absolute Gasteiger partial charge is 0.404 e. The summed E-state index contributed by atoms with van der Waals surface area (Å²) < 4.78 is 44.5. The third-order valence-electron chi connectivity index (χ3n) is 3.93. The van der Waals surface area contributed by atoms with E-state index in [1.54, 1.807) is 75.4 Å². The largest absolute Gasteiger partial charge is 0.524 e. The van der Waals surface area contributed by atoms with E-state index in [9.17, 15) is 13.7 Å². The van der Waals surface area contributed by atoms with Crippen LogP contribution in [0.4, 0.5) is 0 Å². The summed E-state index contributed by atoms with van der Waals surface area (Å²) in [6.07, 6.45) is 0. The third kappa shape index (κ3) is 17.8. The Balaban J connectivity index is 0. The molecule has 3 aromatic carbocycles. The zero-order valence-corrected chi connectivity index (χ0v) is 26.3. The maximum atomic E-state index is 10.4. The van der Waals surface area contributed by atoms with Crippen LogP contribution in [0.3, 0.4) is 0 Å². The molecule has 38 heavy (non-hydrogen) atoms. The van der Waals surface area contributed by atoms with E-state index in [-0.39, 0.29) is 37.0 Å². The van der Waals surface area contributed by atoms with E-state index in [1.807, 2.05) is 0 Å². The van der Waals surface area contributed by atoms with Gasteiger partial charge in [0.15, 0.2) is 0 Å². The van der Waals surface area contributed by atoms with Gasteiger partial charge in [0.1, 0.15) is 17.2 Å². The molecule has 0 aromatic heterocycles. The highest BCUT2D eigenvalue weighted by atomic mass is 31.2. The Labute approximate surface area is 227 Å². The Morgan fingerprint density at radius 2 is 0.632 bits per heavy atom. The highest BCUT2D eigenvalue weighted by molar-refractivity contribution is 7.47. The van der Waals surface area contributed by atoms with Gasteiger partial charge in [0.2, 0.25) is 0 Å². The summed E-state index contributed by atoms with van der Waals surface area (Å²) in [5.74, 6) is 0.641. The number of phosphoric ester groups is 3. The number of rotatable bonds is 6. The molecule has 0 radical (unpaired) electrons. The summed E-state index contributed by atoms with van der Waals surface area (Å²) in [6.45, 7) is 5.14. The monoisotopic (exact) mass is 632 g/mol. The number of hydrogen-bond acceptors (Lipinski definition) is 6. The average Bonchev–Trinajstić information content (AvgIpc) is 2.71. The Morgan fingerprint density at radius 1 is 0.447 bits per heavy atom. The van der Waals surface area contributed by atoms with E-state index in [1.165, 1.54) is 18.2 Å². The van der Waals surface area contributed by atoms with Gasteiger partial charge in [0.05, 0.1) is 0 Å². The van der Waals surface area contributed by atoms with E-state index in [4.69, 9.17) is 29.4 Å². The molecule has 0 aliphatic carbocycles. The standard InChI is InChI=1S/3C7H9O4P.2H3P/c3*1-6-4-2-3-5-7(6)11-12(8,9)10;;/h3*2-5H,1H3,(H2,8,9,10);2*1H3. The molecule has 0 amide bonds. The Morgan fingerprint density at radius 3 is 0.789 bits per heavy atom. The molecule has 3 aromatic rings. The zero-order valence-electron chi connectivity index (χ0n) is 20.8. The first-order valence-corrected chi connectivity index (χ1v) is 14.5. The third-order valence-corrected chi connectivity index (χ3v) is 5.24. The summed E-state index contributed by atoms with van der Waals surface area (Å²) in [5.41, 5.74) is 2.09. The van der Waals surface area contributed by atoms with Crippen LogP contribution in [-0.2, 0) is 13.7 Å². The molecule has 0 spiro atoms. The normalized spacial score (nSPS) is 10.7. The summed E-state index contributed by atoms with van der Waals surface area (Å²) >= 11 is 0. The maximum Gasteiger partial charge on any atom is 0.524 e. The van der Waals surface area contributed by atoms with Crippen LogP contribution in [0.1, 0.15) is 16.7 Å². The molecule has 3 rings (SSSR count). The SMILES string of the molecule is Cc1ccccc1OP(=O)(O)O.Cc1ccccc1OP(=O)(O)O.Cc1ccccc1OP(=O)(O)O.P.P. The molecule has 0 fully saturated rings. The lowest BCUT2D eigenvalue weighted by Gasteiger charge is -2.08. The van der Waals surface area contributed by atoms with Crippen molar-refractivity contribution >= 4 is 43.3 Å². The van der Waals surface area contributed by atoms with Crippen LogP contribution in [0.25, 0.3) is 0 Å². The molecule has 0 bridgehead atoms. The lowest BCUT2D eigenvalue weighted by atomic mass is 10.2. The number of phosphoric acid groups is 3. The fraction of sp³-hybridized carbons (Fsp3) is 0.143. The number of para-hydroxylation sites is 3. The number of hydrogen-bond donors (Lipinski definition) is 6. The number of benzene rings is 3. The second-order valence-electron chi connectivity index (χ2n) is 7.04. The van der Waals surface area contributed by atoms with Crippen LogP contribution in [0.2, 0.25) is 0 Å². The fourth-order valence-corrected chi connectivity index (χ4v) is 3.74. The van der Waals surface area contributed by atoms with Gasteiger partial charge in [0.25, 0.3) is 0 Å². The van der Waals surface area contributed by atoms with E-state index in [0.29, 0.717) is 16.7 Å². The van der Waals surface area contributed by atoms with Gasteiger partial charge in [-0.2, -0.15) is 19.8 Å². The van der Waals surface area contributed by atoms with Gasteiger partial charge in [0, 0.05) is 0 Å². The molecule has 17 heteroatoms. The summed E-state index contributed by atoms with van der Waals surface area (Å²) in [7, 11) is -13.2. The van der Waals surface area contributed by atoms with Gasteiger partial charge in [-0.25, -0.2) is 13.7 Å². The lowest BCUT2D eigenvalue weighted by molar-refractivity contribution is 0.280. The maximum absolute atomic E-state index is 10.4. The van der Waals surface area contributed by atoms with Gasteiger partial charge in [-0.1, -0.05) is 54.6 Å². The topological polar surface area (TPSA) is 200 Å². The second-order valence-corrected chi connectivity index (χ2v) is 10.5. The van der Waals surface area contributed by atoms with Crippen LogP contribution in [0.5, 0.6) is 17.2 Å². The van der Waals surface area contributed by atoms with Crippen molar-refractivity contribution < 1.29 is 56.6 Å². The predicted molar refractivity (Wildman–Crippen MR) is 154 cm³/mol. The molecule has 0 aliphatic rings. The first-order chi connectivity index (χ1) is 16.5. The van der Waals surface area contributed by atoms with Crippen molar-refractivity contribution in [2.45, 2.75) is 20.8 Å². The molecule has 0 aliphatic heterocycles. The quantitative estimate of drug-likeness (QED) is 0.208. The first kappa shape index (κ1) is 38.5. The molecule has 0 heterocycles. The summed E-state index contributed by atoms with van der Waals surface area (Å²) in [6, 6.07) is 19.9. The molecule has 0 saturated heterocycles. The van der Waals surface area contributed by atoms with Crippen molar-refractivity contribution in [3.8, 4) is 17.2 Å². The van der Waals surface area contributed by atoms with Crippen molar-refractivity contribution in [2.24, 2.45) is 0 Å². The van der Waals surface area contributed by atoms with Crippen molar-refractivity contribution in [1.82, 2.24) is 0 Å². The molecule has 2 atom stereocenters. The van der Waals surface area contributed by atoms with E-state index in [2.05, 4.69) is 13.6 Å². The summed E-state index contributed by atoms with van der Waals surface area (Å²) in [4.78, 5) is 50.9. The van der Waals surface area contributed by atoms with Crippen molar-refractivity contribution in [2.75, 3.05) is 0 Å². The molecular weight excluding hydrogens is 599 g/mol. The Hall–Kier alpha value is -1.63. The summed E-state index contributed by atoms with van der Waals surface area (Å²) in [5, 5.41) is 0. The molecule has 2 unspecified atom stereocenters. The second kappa shape index (κ2) is 17.1. The fourth-order valence-electron chi connectivity index (χ4n) is 2.36. The number of aryl methyl sites for hydroxylation is 3. The van der Waals surface area contributed by atoms with Crippen LogP contribution < -0.4 is 13.6 Å². The van der Waals surface area contributed by atoms with E-state index < -0.39 is 23.5 Å².